The summed E-state index contributed by atoms with van der Waals surface area (Å²) in [5.74, 6) is 1.34. The zero-order valence-corrected chi connectivity index (χ0v) is 14.1. The normalized spacial score (nSPS) is 27.3. The van der Waals surface area contributed by atoms with Gasteiger partial charge in [0.05, 0.1) is 0 Å². The van der Waals surface area contributed by atoms with Gasteiger partial charge in [0.2, 0.25) is 0 Å². The van der Waals surface area contributed by atoms with E-state index in [0.29, 0.717) is 5.75 Å². The van der Waals surface area contributed by atoms with Gasteiger partial charge in [0.25, 0.3) is 0 Å². The molecule has 0 amide bonds. The van der Waals surface area contributed by atoms with Crippen LogP contribution < -0.4 is 0 Å². The Morgan fingerprint density at radius 2 is 2.05 bits per heavy atom. The van der Waals surface area contributed by atoms with Gasteiger partial charge in [-0.25, -0.2) is 0 Å². The molecule has 122 valence electrons. The number of aromatic hydroxyl groups is 1. The first kappa shape index (κ1) is 15.9. The van der Waals surface area contributed by atoms with E-state index in [4.69, 9.17) is 0 Å². The van der Waals surface area contributed by atoms with Crippen LogP contribution in [0.5, 0.6) is 5.75 Å². The standard InChI is InChI=1S/C20H31NO/c1-2-11-20(18-9-6-10-19(22)14-18)12-13-21(16-20)15-17-7-4-3-5-8-17/h6,9-10,14,17,22H,2-5,7-8,11-13,15-16H2,1H3/t20-/m0/s1. The molecule has 2 aliphatic rings. The SMILES string of the molecule is CCC[C@]1(c2cccc(O)c2)CCN(CC2CCCCC2)C1. The summed E-state index contributed by atoms with van der Waals surface area (Å²) in [6.07, 6.45) is 10.9. The van der Waals surface area contributed by atoms with Crippen molar-refractivity contribution in [3.05, 3.63) is 29.8 Å². The Labute approximate surface area is 135 Å². The van der Waals surface area contributed by atoms with E-state index in [2.05, 4.69) is 17.9 Å². The molecular formula is C20H31NO. The van der Waals surface area contributed by atoms with Gasteiger partial charge < -0.3 is 10.0 Å². The molecule has 1 atom stereocenters. The van der Waals surface area contributed by atoms with Crippen LogP contribution in [0.4, 0.5) is 0 Å². The maximum absolute atomic E-state index is 9.87. The molecule has 0 bridgehead atoms. The molecule has 1 saturated carbocycles. The number of benzene rings is 1. The van der Waals surface area contributed by atoms with E-state index >= 15 is 0 Å². The average Bonchev–Trinajstić information content (AvgIpc) is 2.93. The van der Waals surface area contributed by atoms with Crippen molar-refractivity contribution in [1.29, 1.82) is 0 Å². The smallest absolute Gasteiger partial charge is 0.115 e. The Balaban J connectivity index is 1.70. The van der Waals surface area contributed by atoms with Gasteiger partial charge in [-0.15, -0.1) is 0 Å². The number of hydrogen-bond acceptors (Lipinski definition) is 2. The Hall–Kier alpha value is -1.02. The first-order valence-corrected chi connectivity index (χ1v) is 9.24. The minimum atomic E-state index is 0.266. The summed E-state index contributed by atoms with van der Waals surface area (Å²) in [5, 5.41) is 9.87. The molecule has 1 aromatic carbocycles. The molecule has 1 saturated heterocycles. The molecule has 1 heterocycles. The van der Waals surface area contributed by atoms with E-state index in [1.807, 2.05) is 12.1 Å². The van der Waals surface area contributed by atoms with Gasteiger partial charge in [0.1, 0.15) is 5.75 Å². The number of phenolic OH excluding ortho intramolecular Hbond substituents is 1. The van der Waals surface area contributed by atoms with Crippen LogP contribution in [0.25, 0.3) is 0 Å². The first-order chi connectivity index (χ1) is 10.7. The average molecular weight is 301 g/mol. The fraction of sp³-hybridized carbons (Fsp3) is 0.700. The lowest BCUT2D eigenvalue weighted by molar-refractivity contribution is 0.221. The van der Waals surface area contributed by atoms with Crippen molar-refractivity contribution in [2.45, 2.75) is 63.7 Å². The van der Waals surface area contributed by atoms with Crippen LogP contribution in [0.15, 0.2) is 24.3 Å². The molecule has 2 fully saturated rings. The van der Waals surface area contributed by atoms with Crippen molar-refractivity contribution in [1.82, 2.24) is 4.90 Å². The zero-order chi connectivity index (χ0) is 15.4. The second-order valence-corrected chi connectivity index (χ2v) is 7.57. The summed E-state index contributed by atoms with van der Waals surface area (Å²) in [7, 11) is 0. The highest BCUT2D eigenvalue weighted by Gasteiger charge is 2.39. The highest BCUT2D eigenvalue weighted by molar-refractivity contribution is 5.34. The van der Waals surface area contributed by atoms with Gasteiger partial charge >= 0.3 is 0 Å². The molecule has 0 unspecified atom stereocenters. The van der Waals surface area contributed by atoms with Gasteiger partial charge in [-0.05, 0) is 55.8 Å². The van der Waals surface area contributed by atoms with Gasteiger partial charge in [-0.2, -0.15) is 0 Å². The fourth-order valence-corrected chi connectivity index (χ4v) is 4.75. The predicted molar refractivity (Wildman–Crippen MR) is 92.3 cm³/mol. The van der Waals surface area contributed by atoms with Gasteiger partial charge in [0, 0.05) is 18.5 Å². The maximum atomic E-state index is 9.87. The molecule has 1 aliphatic heterocycles. The van der Waals surface area contributed by atoms with Gasteiger partial charge in [-0.1, -0.05) is 44.7 Å². The highest BCUT2D eigenvalue weighted by Crippen LogP contribution is 2.40. The molecule has 1 N–H and O–H groups in total. The van der Waals surface area contributed by atoms with Gasteiger partial charge in [-0.3, -0.25) is 0 Å². The summed E-state index contributed by atoms with van der Waals surface area (Å²) in [6.45, 7) is 5.99. The Kier molecular flexibility index (Phi) is 5.07. The van der Waals surface area contributed by atoms with E-state index in [1.165, 1.54) is 76.6 Å². The third-order valence-corrected chi connectivity index (χ3v) is 5.86. The minimum Gasteiger partial charge on any atom is -0.508 e. The van der Waals surface area contributed by atoms with E-state index < -0.39 is 0 Å². The third-order valence-electron chi connectivity index (χ3n) is 5.86. The molecule has 22 heavy (non-hydrogen) atoms. The Bertz CT molecular complexity index is 480. The van der Waals surface area contributed by atoms with Crippen molar-refractivity contribution in [2.75, 3.05) is 19.6 Å². The fourth-order valence-electron chi connectivity index (χ4n) is 4.75. The highest BCUT2D eigenvalue weighted by atomic mass is 16.3. The topological polar surface area (TPSA) is 23.5 Å². The van der Waals surface area contributed by atoms with E-state index in [0.717, 1.165) is 5.92 Å². The van der Waals surface area contributed by atoms with Crippen molar-refractivity contribution < 1.29 is 5.11 Å². The number of hydrogen-bond donors (Lipinski definition) is 1. The number of phenols is 1. The summed E-state index contributed by atoms with van der Waals surface area (Å²) in [5.41, 5.74) is 1.61. The van der Waals surface area contributed by atoms with Crippen LogP contribution in [0, 0.1) is 5.92 Å². The van der Waals surface area contributed by atoms with Crippen molar-refractivity contribution >= 4 is 0 Å². The molecule has 3 rings (SSSR count). The van der Waals surface area contributed by atoms with E-state index in [-0.39, 0.29) is 5.41 Å². The predicted octanol–water partition coefficient (Wildman–Crippen LogP) is 4.72. The van der Waals surface area contributed by atoms with Crippen LogP contribution in [-0.4, -0.2) is 29.6 Å². The number of likely N-dealkylation sites (tertiary alicyclic amines) is 1. The minimum absolute atomic E-state index is 0.266. The van der Waals surface area contributed by atoms with E-state index in [9.17, 15) is 5.11 Å². The molecule has 1 aromatic rings. The lowest BCUT2D eigenvalue weighted by Crippen LogP contribution is -2.34. The van der Waals surface area contributed by atoms with Crippen molar-refractivity contribution in [3.63, 3.8) is 0 Å². The maximum Gasteiger partial charge on any atom is 0.115 e. The van der Waals surface area contributed by atoms with E-state index in [1.54, 1.807) is 6.07 Å². The van der Waals surface area contributed by atoms with Crippen LogP contribution >= 0.6 is 0 Å². The molecule has 2 nitrogen and oxygen atoms in total. The lowest BCUT2D eigenvalue weighted by Gasteiger charge is -2.32. The molecule has 2 heteroatoms. The molecule has 0 radical (unpaired) electrons. The molecular weight excluding hydrogens is 270 g/mol. The van der Waals surface area contributed by atoms with Crippen molar-refractivity contribution in [3.8, 4) is 5.75 Å². The first-order valence-electron chi connectivity index (χ1n) is 9.24. The van der Waals surface area contributed by atoms with Crippen LogP contribution in [-0.2, 0) is 5.41 Å². The molecule has 0 aromatic heterocycles. The van der Waals surface area contributed by atoms with Gasteiger partial charge in [0.15, 0.2) is 0 Å². The second-order valence-electron chi connectivity index (χ2n) is 7.57. The summed E-state index contributed by atoms with van der Waals surface area (Å²) >= 11 is 0. The summed E-state index contributed by atoms with van der Waals surface area (Å²) in [4.78, 5) is 2.70. The van der Waals surface area contributed by atoms with Crippen LogP contribution in [0.3, 0.4) is 0 Å². The zero-order valence-electron chi connectivity index (χ0n) is 14.1. The largest absolute Gasteiger partial charge is 0.508 e. The van der Waals surface area contributed by atoms with Crippen LogP contribution in [0.2, 0.25) is 0 Å². The second kappa shape index (κ2) is 7.04. The summed E-state index contributed by atoms with van der Waals surface area (Å²) < 4.78 is 0. The Morgan fingerprint density at radius 1 is 1.23 bits per heavy atom. The van der Waals surface area contributed by atoms with Crippen LogP contribution in [0.1, 0.15) is 63.9 Å². The summed E-state index contributed by atoms with van der Waals surface area (Å²) in [6, 6.07) is 8.02. The number of rotatable bonds is 5. The molecule has 0 spiro atoms. The quantitative estimate of drug-likeness (QED) is 0.851. The lowest BCUT2D eigenvalue weighted by atomic mass is 9.76. The monoisotopic (exact) mass is 301 g/mol. The molecule has 1 aliphatic carbocycles. The Morgan fingerprint density at radius 3 is 2.77 bits per heavy atom. The third kappa shape index (κ3) is 3.48. The van der Waals surface area contributed by atoms with Crippen molar-refractivity contribution in [2.24, 2.45) is 5.92 Å². The number of nitrogens with zero attached hydrogens (tertiary/aromatic N) is 1.